The highest BCUT2D eigenvalue weighted by atomic mass is 16.1. The lowest BCUT2D eigenvalue weighted by Crippen LogP contribution is -2.33. The van der Waals surface area contributed by atoms with Crippen LogP contribution in [0.4, 0.5) is 0 Å². The van der Waals surface area contributed by atoms with E-state index in [2.05, 4.69) is 58.9 Å². The van der Waals surface area contributed by atoms with Gasteiger partial charge in [0.25, 0.3) is 0 Å². The van der Waals surface area contributed by atoms with E-state index in [0.29, 0.717) is 12.5 Å². The van der Waals surface area contributed by atoms with Crippen molar-refractivity contribution in [2.75, 3.05) is 0 Å². The average Bonchev–Trinajstić information content (AvgIpc) is 3.52. The van der Waals surface area contributed by atoms with Crippen molar-refractivity contribution >= 4 is 5.91 Å². The number of fused-ring (bicyclic) bond motifs is 2. The van der Waals surface area contributed by atoms with E-state index in [1.807, 2.05) is 16.9 Å². The Morgan fingerprint density at radius 2 is 1.90 bits per heavy atom. The minimum Gasteiger partial charge on any atom is -0.352 e. The molecule has 0 aliphatic heterocycles. The van der Waals surface area contributed by atoms with Gasteiger partial charge in [-0.15, -0.1) is 0 Å². The summed E-state index contributed by atoms with van der Waals surface area (Å²) in [6.07, 6.45) is 8.70. The molecule has 5 rings (SSSR count). The third-order valence-corrected chi connectivity index (χ3v) is 6.71. The zero-order valence-electron chi connectivity index (χ0n) is 16.6. The van der Waals surface area contributed by atoms with Crippen molar-refractivity contribution in [3.05, 3.63) is 78.1 Å². The summed E-state index contributed by atoms with van der Waals surface area (Å²) in [5, 5.41) is 7.50. The van der Waals surface area contributed by atoms with Crippen LogP contribution in [-0.2, 0) is 17.9 Å². The van der Waals surface area contributed by atoms with Crippen molar-refractivity contribution in [3.63, 3.8) is 0 Å². The predicted molar refractivity (Wildman–Crippen MR) is 114 cm³/mol. The minimum absolute atomic E-state index is 0.238. The van der Waals surface area contributed by atoms with Crippen LogP contribution in [0.2, 0.25) is 0 Å². The van der Waals surface area contributed by atoms with Gasteiger partial charge >= 0.3 is 0 Å². The second kappa shape index (κ2) is 7.86. The summed E-state index contributed by atoms with van der Waals surface area (Å²) < 4.78 is 1.92. The quantitative estimate of drug-likeness (QED) is 0.671. The number of carbonyl (C=O) groups is 1. The molecule has 3 aromatic rings. The van der Waals surface area contributed by atoms with Crippen molar-refractivity contribution in [2.45, 2.75) is 38.8 Å². The fourth-order valence-electron chi connectivity index (χ4n) is 5.21. The van der Waals surface area contributed by atoms with E-state index in [9.17, 15) is 4.79 Å². The monoisotopic (exact) mass is 385 g/mol. The summed E-state index contributed by atoms with van der Waals surface area (Å²) >= 11 is 0. The molecule has 2 aliphatic rings. The first-order valence-corrected chi connectivity index (χ1v) is 10.7. The molecule has 3 atom stereocenters. The van der Waals surface area contributed by atoms with Crippen molar-refractivity contribution < 1.29 is 4.79 Å². The van der Waals surface area contributed by atoms with Gasteiger partial charge in [0.2, 0.25) is 5.91 Å². The number of rotatable bonds is 6. The van der Waals surface area contributed by atoms with E-state index >= 15 is 0 Å². The molecule has 4 nitrogen and oxygen atoms in total. The van der Waals surface area contributed by atoms with Gasteiger partial charge in [0, 0.05) is 24.9 Å². The van der Waals surface area contributed by atoms with Crippen molar-refractivity contribution in [3.8, 4) is 11.1 Å². The Morgan fingerprint density at radius 1 is 1.03 bits per heavy atom. The number of hydrogen-bond acceptors (Lipinski definition) is 2. The van der Waals surface area contributed by atoms with Gasteiger partial charge in [-0.1, -0.05) is 55.0 Å². The van der Waals surface area contributed by atoms with Crippen LogP contribution < -0.4 is 5.32 Å². The summed E-state index contributed by atoms with van der Waals surface area (Å²) in [6.45, 7) is 1.37. The van der Waals surface area contributed by atoms with Crippen LogP contribution in [0.3, 0.4) is 0 Å². The molecule has 0 saturated heterocycles. The maximum Gasteiger partial charge on any atom is 0.223 e. The van der Waals surface area contributed by atoms with Gasteiger partial charge in [-0.3, -0.25) is 9.48 Å². The first-order valence-electron chi connectivity index (χ1n) is 10.7. The first kappa shape index (κ1) is 18.2. The second-order valence-corrected chi connectivity index (χ2v) is 8.56. The van der Waals surface area contributed by atoms with Gasteiger partial charge in [-0.25, -0.2) is 0 Å². The van der Waals surface area contributed by atoms with E-state index in [-0.39, 0.29) is 11.8 Å². The van der Waals surface area contributed by atoms with Crippen LogP contribution in [0, 0.1) is 17.8 Å². The first-order chi connectivity index (χ1) is 14.3. The van der Waals surface area contributed by atoms with Gasteiger partial charge in [0.1, 0.15) is 0 Å². The number of nitrogens with zero attached hydrogens (tertiary/aromatic N) is 2. The zero-order chi connectivity index (χ0) is 19.6. The van der Waals surface area contributed by atoms with Gasteiger partial charge in [-0.05, 0) is 59.4 Å². The number of aromatic nitrogens is 2. The highest BCUT2D eigenvalue weighted by Crippen LogP contribution is 2.48. The lowest BCUT2D eigenvalue weighted by atomic mass is 9.88. The molecule has 1 N–H and O–H groups in total. The SMILES string of the molecule is O=C(NCc1ccccc1-c1ccc(Cn2cccn2)cc1)C1CC2CCC1C2. The summed E-state index contributed by atoms with van der Waals surface area (Å²) in [5.41, 5.74) is 4.76. The Hall–Kier alpha value is -2.88. The summed E-state index contributed by atoms with van der Waals surface area (Å²) in [5.74, 6) is 1.91. The van der Waals surface area contributed by atoms with Crippen LogP contribution in [0.25, 0.3) is 11.1 Å². The standard InChI is InChI=1S/C25H27N3O/c29-25(24-15-19-8-11-21(24)14-19)26-16-22-4-1-2-5-23(22)20-9-6-18(7-10-20)17-28-13-3-12-27-28/h1-7,9-10,12-13,19,21,24H,8,11,14-17H2,(H,26,29). The number of nitrogens with one attached hydrogen (secondary N) is 1. The molecule has 148 valence electrons. The zero-order valence-corrected chi connectivity index (χ0v) is 16.6. The molecule has 4 heteroatoms. The summed E-state index contributed by atoms with van der Waals surface area (Å²) in [4.78, 5) is 12.7. The van der Waals surface area contributed by atoms with Crippen molar-refractivity contribution in [1.82, 2.24) is 15.1 Å². The second-order valence-electron chi connectivity index (χ2n) is 8.56. The molecule has 2 aliphatic carbocycles. The molecule has 2 saturated carbocycles. The number of amides is 1. The maximum absolute atomic E-state index is 12.7. The molecule has 3 unspecified atom stereocenters. The molecule has 2 aromatic carbocycles. The van der Waals surface area contributed by atoms with E-state index in [1.165, 1.54) is 41.5 Å². The van der Waals surface area contributed by atoms with Crippen molar-refractivity contribution in [1.29, 1.82) is 0 Å². The molecular formula is C25H27N3O. The molecule has 0 spiro atoms. The smallest absolute Gasteiger partial charge is 0.223 e. The van der Waals surface area contributed by atoms with Crippen molar-refractivity contribution in [2.24, 2.45) is 17.8 Å². The maximum atomic E-state index is 12.7. The highest BCUT2D eigenvalue weighted by molar-refractivity contribution is 5.80. The topological polar surface area (TPSA) is 46.9 Å². The number of benzene rings is 2. The van der Waals surface area contributed by atoms with Crippen LogP contribution in [0.15, 0.2) is 67.0 Å². The fourth-order valence-corrected chi connectivity index (χ4v) is 5.21. The largest absolute Gasteiger partial charge is 0.352 e. The lowest BCUT2D eigenvalue weighted by molar-refractivity contribution is -0.126. The van der Waals surface area contributed by atoms with Gasteiger partial charge in [-0.2, -0.15) is 5.10 Å². The van der Waals surface area contributed by atoms with E-state index in [4.69, 9.17) is 0 Å². The predicted octanol–water partition coefficient (Wildman–Crippen LogP) is 4.65. The molecule has 0 radical (unpaired) electrons. The minimum atomic E-state index is 0.238. The Kier molecular flexibility index (Phi) is 4.92. The summed E-state index contributed by atoms with van der Waals surface area (Å²) in [7, 11) is 0. The van der Waals surface area contributed by atoms with E-state index < -0.39 is 0 Å². The van der Waals surface area contributed by atoms with Gasteiger partial charge in [0.15, 0.2) is 0 Å². The average molecular weight is 386 g/mol. The van der Waals surface area contributed by atoms with E-state index in [0.717, 1.165) is 18.9 Å². The number of carbonyl (C=O) groups excluding carboxylic acids is 1. The molecule has 29 heavy (non-hydrogen) atoms. The van der Waals surface area contributed by atoms with E-state index in [1.54, 1.807) is 6.20 Å². The summed E-state index contributed by atoms with van der Waals surface area (Å²) in [6, 6.07) is 18.9. The van der Waals surface area contributed by atoms with Gasteiger partial charge < -0.3 is 5.32 Å². The lowest BCUT2D eigenvalue weighted by Gasteiger charge is -2.21. The van der Waals surface area contributed by atoms with Crippen LogP contribution >= 0.6 is 0 Å². The van der Waals surface area contributed by atoms with Crippen LogP contribution in [0.5, 0.6) is 0 Å². The Balaban J connectivity index is 1.27. The molecule has 1 heterocycles. The molecule has 2 bridgehead atoms. The fraction of sp³-hybridized carbons (Fsp3) is 0.360. The third kappa shape index (κ3) is 3.84. The van der Waals surface area contributed by atoms with Crippen LogP contribution in [-0.4, -0.2) is 15.7 Å². The molecular weight excluding hydrogens is 358 g/mol. The Labute approximate surface area is 172 Å². The molecule has 1 amide bonds. The third-order valence-electron chi connectivity index (χ3n) is 6.71. The molecule has 2 fully saturated rings. The Morgan fingerprint density at radius 3 is 2.62 bits per heavy atom. The number of hydrogen-bond donors (Lipinski definition) is 1. The normalized spacial score (nSPS) is 22.7. The van der Waals surface area contributed by atoms with Gasteiger partial charge in [0.05, 0.1) is 6.54 Å². The van der Waals surface area contributed by atoms with Crippen LogP contribution in [0.1, 0.15) is 36.8 Å². The highest BCUT2D eigenvalue weighted by Gasteiger charge is 2.42. The molecule has 1 aromatic heterocycles. The Bertz CT molecular complexity index is 978.